The maximum atomic E-state index is 12.9. The summed E-state index contributed by atoms with van der Waals surface area (Å²) >= 11 is 0. The van der Waals surface area contributed by atoms with Crippen LogP contribution in [0.3, 0.4) is 0 Å². The van der Waals surface area contributed by atoms with Gasteiger partial charge in [0.1, 0.15) is 19.8 Å². The van der Waals surface area contributed by atoms with E-state index in [0.29, 0.717) is 17.4 Å². The van der Waals surface area contributed by atoms with Crippen molar-refractivity contribution < 1.29 is 42.1 Å². The van der Waals surface area contributed by atoms with Crippen LogP contribution in [0.4, 0.5) is 0 Å². The Kier molecular flexibility index (Phi) is 72.8. The van der Waals surface area contributed by atoms with E-state index >= 15 is 0 Å². The lowest BCUT2D eigenvalue weighted by Crippen LogP contribution is -2.37. The molecule has 0 bridgehead atoms. The molecule has 554 valence electrons. The van der Waals surface area contributed by atoms with Gasteiger partial charge in [0.25, 0.3) is 7.82 Å². The van der Waals surface area contributed by atoms with E-state index in [1.165, 1.54) is 218 Å². The van der Waals surface area contributed by atoms with Gasteiger partial charge in [-0.25, -0.2) is 0 Å². The van der Waals surface area contributed by atoms with E-state index < -0.39 is 26.5 Å². The molecule has 96 heavy (non-hydrogen) atoms. The van der Waals surface area contributed by atoms with Gasteiger partial charge in [-0.3, -0.25) is 14.2 Å². The Balaban J connectivity index is 4.01. The molecule has 0 rings (SSSR count). The fourth-order valence-electron chi connectivity index (χ4n) is 11.4. The fraction of sp³-hybridized carbons (Fsp3) is 0.744. The van der Waals surface area contributed by atoms with Crippen LogP contribution in [0, 0.1) is 0 Å². The van der Waals surface area contributed by atoms with E-state index in [9.17, 15) is 19.0 Å². The van der Waals surface area contributed by atoms with Crippen LogP contribution in [-0.4, -0.2) is 70.0 Å². The summed E-state index contributed by atoms with van der Waals surface area (Å²) in [4.78, 5) is 38.2. The lowest BCUT2D eigenvalue weighted by Gasteiger charge is -2.28. The molecule has 0 aliphatic heterocycles. The first-order valence-electron chi connectivity index (χ1n) is 40.2. The summed E-state index contributed by atoms with van der Waals surface area (Å²) in [5.74, 6) is -0.828. The third-order valence-electron chi connectivity index (χ3n) is 17.5. The van der Waals surface area contributed by atoms with Crippen molar-refractivity contribution >= 4 is 19.8 Å². The number of carbonyl (C=O) groups is 2. The van der Waals surface area contributed by atoms with Crippen LogP contribution in [-0.2, 0) is 32.7 Å². The highest BCUT2D eigenvalue weighted by Gasteiger charge is 2.22. The number of allylic oxidation sites excluding steroid dienone is 20. The summed E-state index contributed by atoms with van der Waals surface area (Å²) in [6, 6.07) is 0. The lowest BCUT2D eigenvalue weighted by atomic mass is 10.0. The highest BCUT2D eigenvalue weighted by Crippen LogP contribution is 2.38. The summed E-state index contributed by atoms with van der Waals surface area (Å²) in [5.41, 5.74) is 0. The highest BCUT2D eigenvalue weighted by atomic mass is 31.2. The first kappa shape index (κ1) is 92.4. The molecule has 0 saturated heterocycles. The zero-order valence-electron chi connectivity index (χ0n) is 63.3. The summed E-state index contributed by atoms with van der Waals surface area (Å²) in [6.45, 7) is 4.17. The molecule has 0 fully saturated rings. The van der Waals surface area contributed by atoms with Crippen LogP contribution in [0.15, 0.2) is 122 Å². The largest absolute Gasteiger partial charge is 0.756 e. The quantitative estimate of drug-likeness (QED) is 0.0195. The molecule has 0 radical (unpaired) electrons. The zero-order valence-corrected chi connectivity index (χ0v) is 64.2. The van der Waals surface area contributed by atoms with Gasteiger partial charge < -0.3 is 27.9 Å². The summed E-state index contributed by atoms with van der Waals surface area (Å²) in [7, 11) is 1.17. The number of phosphoric acid groups is 1. The van der Waals surface area contributed by atoms with E-state index in [2.05, 4.69) is 135 Å². The van der Waals surface area contributed by atoms with Crippen molar-refractivity contribution in [2.45, 2.75) is 367 Å². The van der Waals surface area contributed by atoms with Crippen molar-refractivity contribution in [2.24, 2.45) is 0 Å². The minimum Gasteiger partial charge on any atom is -0.756 e. The number of carbonyl (C=O) groups excluding carboxylic acids is 2. The minimum atomic E-state index is -4.65. The molecule has 0 aromatic rings. The minimum absolute atomic E-state index is 0.0345. The molecule has 0 amide bonds. The van der Waals surface area contributed by atoms with E-state index in [4.69, 9.17) is 18.5 Å². The molecule has 0 aromatic carbocycles. The summed E-state index contributed by atoms with van der Waals surface area (Å²) in [6.07, 6.45) is 109. The van der Waals surface area contributed by atoms with E-state index in [1.54, 1.807) is 0 Å². The van der Waals surface area contributed by atoms with Gasteiger partial charge in [-0.05, 0) is 89.9 Å². The summed E-state index contributed by atoms with van der Waals surface area (Å²) < 4.78 is 34.4. The standard InChI is InChI=1S/C86H152NO8P/c1-6-8-10-12-14-16-18-20-22-24-26-28-30-32-34-36-38-39-40-41-42-43-44-45-46-47-49-51-53-55-57-59-61-63-65-67-69-71-73-75-77-79-86(89)95-84(83-94-96(90,91)93-81-80-87(3,4)5)82-92-85(88)78-76-74-72-70-68-66-64-62-60-58-56-54-52-50-48-37-35-33-31-29-27-25-23-21-19-17-15-13-11-9-7-2/h8,10,14,16,20,22,26,28,32,34,38-39,41-42,44-45,47,49,53,55,84H,6-7,9,11-13,15,17-19,21,23-25,27,29-31,33,35-37,40,43,46,48,50-52,54,56-83H2,1-5H3/b10-8-,16-14-,22-20-,28-26-,34-32-,39-38-,42-41-,45-44-,49-47-,55-53-. The molecule has 0 saturated carbocycles. The average molecular weight is 1360 g/mol. The van der Waals surface area contributed by atoms with Crippen molar-refractivity contribution in [3.8, 4) is 0 Å². The number of phosphoric ester groups is 1. The number of rotatable bonds is 74. The van der Waals surface area contributed by atoms with Gasteiger partial charge >= 0.3 is 11.9 Å². The number of quaternary nitrogens is 1. The number of esters is 2. The maximum Gasteiger partial charge on any atom is 0.306 e. The molecule has 0 heterocycles. The molecular weight excluding hydrogens is 1210 g/mol. The number of nitrogens with zero attached hydrogens (tertiary/aromatic N) is 1. The van der Waals surface area contributed by atoms with E-state index in [-0.39, 0.29) is 32.0 Å². The van der Waals surface area contributed by atoms with Gasteiger partial charge in [-0.2, -0.15) is 0 Å². The highest BCUT2D eigenvalue weighted by molar-refractivity contribution is 7.45. The molecular formula is C86H152NO8P. The predicted molar refractivity (Wildman–Crippen MR) is 415 cm³/mol. The van der Waals surface area contributed by atoms with Crippen molar-refractivity contribution in [3.63, 3.8) is 0 Å². The number of likely N-dealkylation sites (N-methyl/N-ethyl adjacent to an activating group) is 1. The number of hydrogen-bond donors (Lipinski definition) is 0. The van der Waals surface area contributed by atoms with Crippen LogP contribution in [0.1, 0.15) is 361 Å². The molecule has 2 unspecified atom stereocenters. The molecule has 0 spiro atoms. The van der Waals surface area contributed by atoms with Gasteiger partial charge in [-0.15, -0.1) is 0 Å². The van der Waals surface area contributed by atoms with Crippen LogP contribution >= 0.6 is 7.82 Å². The molecule has 0 aliphatic carbocycles. The third kappa shape index (κ3) is 79.4. The van der Waals surface area contributed by atoms with Crippen molar-refractivity contribution in [1.29, 1.82) is 0 Å². The van der Waals surface area contributed by atoms with Gasteiger partial charge in [0, 0.05) is 12.8 Å². The Morgan fingerprint density at radius 2 is 0.594 bits per heavy atom. The van der Waals surface area contributed by atoms with E-state index in [1.807, 2.05) is 21.1 Å². The first-order chi connectivity index (χ1) is 47.0. The molecule has 2 atom stereocenters. The van der Waals surface area contributed by atoms with Crippen molar-refractivity contribution in [2.75, 3.05) is 47.5 Å². The SMILES string of the molecule is CC/C=C\C/C=C\C/C=C\C/C=C\C/C=C\C/C=C\C/C=C\C/C=C\C/C=C\C/C=C\CCCCCCCCCCCCC(=O)OC(COC(=O)CCCCCCCCCCCCCCCCCCCCCCCCCCCCCCCCC)COP(=O)([O-])OCC[N+](C)(C)C. The van der Waals surface area contributed by atoms with Crippen LogP contribution in [0.5, 0.6) is 0 Å². The fourth-order valence-corrected chi connectivity index (χ4v) is 12.1. The zero-order chi connectivity index (χ0) is 69.7. The van der Waals surface area contributed by atoms with Crippen LogP contribution < -0.4 is 4.89 Å². The molecule has 10 heteroatoms. The maximum absolute atomic E-state index is 12.9. The van der Waals surface area contributed by atoms with Gasteiger partial charge in [0.05, 0.1) is 27.7 Å². The second-order valence-electron chi connectivity index (χ2n) is 28.1. The topological polar surface area (TPSA) is 111 Å². The third-order valence-corrected chi connectivity index (χ3v) is 18.5. The Morgan fingerprint density at radius 1 is 0.333 bits per heavy atom. The predicted octanol–water partition coefficient (Wildman–Crippen LogP) is 26.3. The van der Waals surface area contributed by atoms with Crippen LogP contribution in [0.2, 0.25) is 0 Å². The summed E-state index contributed by atoms with van der Waals surface area (Å²) in [5, 5.41) is 0. The molecule has 0 aliphatic rings. The monoisotopic (exact) mass is 1360 g/mol. The Morgan fingerprint density at radius 3 is 0.885 bits per heavy atom. The first-order valence-corrected chi connectivity index (χ1v) is 41.7. The average Bonchev–Trinajstić information content (AvgIpc) is 2.54. The number of ether oxygens (including phenoxy) is 2. The Hall–Kier alpha value is -3.59. The van der Waals surface area contributed by atoms with Gasteiger partial charge in [0.15, 0.2) is 6.10 Å². The normalized spacial score (nSPS) is 13.7. The molecule has 9 nitrogen and oxygen atoms in total. The second kappa shape index (κ2) is 75.6. The smallest absolute Gasteiger partial charge is 0.306 e. The Bertz CT molecular complexity index is 2040. The van der Waals surface area contributed by atoms with Gasteiger partial charge in [-0.1, -0.05) is 379 Å². The van der Waals surface area contributed by atoms with Crippen molar-refractivity contribution in [3.05, 3.63) is 122 Å². The van der Waals surface area contributed by atoms with E-state index in [0.717, 1.165) is 109 Å². The van der Waals surface area contributed by atoms with Crippen molar-refractivity contribution in [1.82, 2.24) is 0 Å². The van der Waals surface area contributed by atoms with Gasteiger partial charge in [0.2, 0.25) is 0 Å². The lowest BCUT2D eigenvalue weighted by molar-refractivity contribution is -0.870. The molecule has 0 aromatic heterocycles. The number of hydrogen-bond acceptors (Lipinski definition) is 8. The second-order valence-corrected chi connectivity index (χ2v) is 29.5. The Labute approximate surface area is 594 Å². The molecule has 0 N–H and O–H groups in total. The van der Waals surface area contributed by atoms with Crippen LogP contribution in [0.25, 0.3) is 0 Å². The number of unbranched alkanes of at least 4 members (excludes halogenated alkanes) is 40.